The highest BCUT2D eigenvalue weighted by Gasteiger charge is 2.52. The Hall–Kier alpha value is -3.07. The van der Waals surface area contributed by atoms with Crippen LogP contribution >= 0.6 is 23.7 Å². The number of anilines is 1. The topological polar surface area (TPSA) is 182 Å². The molecule has 0 spiro atoms. The number of halogens is 1. The summed E-state index contributed by atoms with van der Waals surface area (Å²) >= 11 is 3.39. The monoisotopic (exact) mass is 722 g/mol. The fraction of sp³-hybridized carbons (Fsp3) is 0.533. The molecule has 3 heterocycles. The third kappa shape index (κ3) is 8.64. The number of aromatic nitrogens is 4. The first kappa shape index (κ1) is 34.3. The van der Waals surface area contributed by atoms with Crippen LogP contribution in [0.3, 0.4) is 0 Å². The molecule has 5 rings (SSSR count). The molecule has 0 radical (unpaired) electrons. The number of carbonyl (C=O) groups excluding carboxylic acids is 1. The van der Waals surface area contributed by atoms with Crippen LogP contribution in [0.25, 0.3) is 17.4 Å². The third-order valence-corrected chi connectivity index (χ3v) is 9.93. The van der Waals surface area contributed by atoms with E-state index in [9.17, 15) is 14.2 Å². The van der Waals surface area contributed by atoms with Gasteiger partial charge in [-0.25, -0.2) is 9.55 Å². The third-order valence-electron chi connectivity index (χ3n) is 7.78. The van der Waals surface area contributed by atoms with E-state index < -0.39 is 30.7 Å². The lowest BCUT2D eigenvalue weighted by Gasteiger charge is -2.27. The van der Waals surface area contributed by atoms with E-state index in [0.29, 0.717) is 25.1 Å². The quantitative estimate of drug-likeness (QED) is 0.139. The van der Waals surface area contributed by atoms with Gasteiger partial charge in [0.05, 0.1) is 19.3 Å². The largest absolute Gasteiger partial charge is 0.462 e. The summed E-state index contributed by atoms with van der Waals surface area (Å²) in [4.78, 5) is 36.0. The van der Waals surface area contributed by atoms with Crippen molar-refractivity contribution in [1.29, 1.82) is 0 Å². The van der Waals surface area contributed by atoms with E-state index in [1.807, 2.05) is 13.8 Å². The van der Waals surface area contributed by atoms with E-state index in [2.05, 4.69) is 36.0 Å². The fourth-order valence-corrected chi connectivity index (χ4v) is 6.96. The number of rotatable bonds is 15. The number of fused-ring (bicyclic) bond motifs is 1. The first-order valence-electron chi connectivity index (χ1n) is 15.3. The van der Waals surface area contributed by atoms with Crippen LogP contribution in [0.4, 0.5) is 5.95 Å². The van der Waals surface area contributed by atoms with Gasteiger partial charge in [0.2, 0.25) is 5.95 Å². The van der Waals surface area contributed by atoms with Crippen LogP contribution in [0, 0.1) is 5.41 Å². The lowest BCUT2D eigenvalue weighted by atomic mass is 10.1. The summed E-state index contributed by atoms with van der Waals surface area (Å²) in [7, 11) is -4.16. The highest BCUT2D eigenvalue weighted by molar-refractivity contribution is 9.10. The van der Waals surface area contributed by atoms with Gasteiger partial charge in [-0.2, -0.15) is 10.1 Å². The van der Waals surface area contributed by atoms with E-state index in [0.717, 1.165) is 35.7 Å². The molecular formula is C30H40BrN6O8P. The molecule has 3 aromatic rings. The molecule has 1 aliphatic heterocycles. The van der Waals surface area contributed by atoms with Crippen molar-refractivity contribution in [3.05, 3.63) is 51.0 Å². The SMILES string of the molecule is CCCC(C)OC(=O)[C@H](C)N[P@](=O)(OCC1(COC2CCCCO2)C/C1=C/n1cnc2c(=O)[nH]c(N)nc21)Oc1ccc(Br)cc1. The number of ether oxygens (including phenoxy) is 3. The number of hydrogen-bond acceptors (Lipinski definition) is 11. The van der Waals surface area contributed by atoms with Crippen molar-refractivity contribution in [2.45, 2.75) is 77.7 Å². The maximum absolute atomic E-state index is 14.3. The zero-order valence-corrected chi connectivity index (χ0v) is 28.6. The smallest absolute Gasteiger partial charge is 0.459 e. The molecule has 46 heavy (non-hydrogen) atoms. The van der Waals surface area contributed by atoms with Crippen molar-refractivity contribution in [3.8, 4) is 5.75 Å². The first-order chi connectivity index (χ1) is 22.0. The number of H-pyrrole nitrogens is 1. The van der Waals surface area contributed by atoms with E-state index in [1.165, 1.54) is 6.33 Å². The standard InChI is InChI=1S/C30H40BrN6O8P/c1-4-7-19(2)44-28(39)20(3)36-46(40,45-23-11-9-22(31)10-12-23)43-17-30(16-42-24-8-5-6-13-41-24)14-21(30)15-37-18-33-25-26(37)34-29(32)35-27(25)38/h9-12,15,18-20,24H,4-8,13-14,16-17H2,1-3H3,(H,36,40)(H3,32,34,35,38)/b21-15-/t19?,20-,24?,30?,46-/m0/s1. The Kier molecular flexibility index (Phi) is 11.0. The summed E-state index contributed by atoms with van der Waals surface area (Å²) in [5, 5.41) is 2.77. The molecule has 3 unspecified atom stereocenters. The van der Waals surface area contributed by atoms with Crippen molar-refractivity contribution in [3.63, 3.8) is 0 Å². The first-order valence-corrected chi connectivity index (χ1v) is 17.7. The number of benzene rings is 1. The van der Waals surface area contributed by atoms with Gasteiger partial charge in [0, 0.05) is 22.7 Å². The number of esters is 1. The summed E-state index contributed by atoms with van der Waals surface area (Å²) in [6, 6.07) is 5.77. The molecule has 1 aromatic carbocycles. The summed E-state index contributed by atoms with van der Waals surface area (Å²) in [6.07, 6.45) is 7.40. The zero-order chi connectivity index (χ0) is 32.9. The molecule has 1 saturated heterocycles. The predicted octanol–water partition coefficient (Wildman–Crippen LogP) is 5.15. The Bertz CT molecular complexity index is 1660. The minimum Gasteiger partial charge on any atom is -0.462 e. The summed E-state index contributed by atoms with van der Waals surface area (Å²) in [5.74, 6) is -0.322. The number of imidazole rings is 1. The van der Waals surface area contributed by atoms with E-state index in [-0.39, 0.29) is 42.8 Å². The molecule has 5 atom stereocenters. The molecule has 1 aliphatic carbocycles. The van der Waals surface area contributed by atoms with Crippen LogP contribution in [0.5, 0.6) is 5.75 Å². The van der Waals surface area contributed by atoms with Crippen molar-refractivity contribution < 1.29 is 32.6 Å². The molecular weight excluding hydrogens is 683 g/mol. The van der Waals surface area contributed by atoms with Crippen molar-refractivity contribution >= 4 is 53.0 Å². The molecule has 2 aromatic heterocycles. The Labute approximate surface area is 275 Å². The van der Waals surface area contributed by atoms with Crippen molar-refractivity contribution in [1.82, 2.24) is 24.6 Å². The normalized spacial score (nSPS) is 23.1. The molecule has 16 heteroatoms. The summed E-state index contributed by atoms with van der Waals surface area (Å²) < 4.78 is 46.2. The lowest BCUT2D eigenvalue weighted by molar-refractivity contribution is -0.171. The van der Waals surface area contributed by atoms with Gasteiger partial charge in [0.25, 0.3) is 5.56 Å². The van der Waals surface area contributed by atoms with Gasteiger partial charge in [0.1, 0.15) is 18.1 Å². The summed E-state index contributed by atoms with van der Waals surface area (Å²) in [5.41, 5.74) is 5.93. The molecule has 2 aliphatic rings. The van der Waals surface area contributed by atoms with E-state index in [4.69, 9.17) is 29.0 Å². The number of nitrogens with two attached hydrogens (primary N) is 1. The highest BCUT2D eigenvalue weighted by Crippen LogP contribution is 2.57. The molecule has 1 saturated carbocycles. The predicted molar refractivity (Wildman–Crippen MR) is 175 cm³/mol. The number of nitrogens with one attached hydrogen (secondary N) is 2. The molecule has 2 fully saturated rings. The van der Waals surface area contributed by atoms with Crippen LogP contribution in [-0.4, -0.2) is 63.7 Å². The van der Waals surface area contributed by atoms with Gasteiger partial charge in [0.15, 0.2) is 17.5 Å². The molecule has 0 bridgehead atoms. The van der Waals surface area contributed by atoms with Gasteiger partial charge in [-0.3, -0.25) is 23.7 Å². The van der Waals surface area contributed by atoms with Gasteiger partial charge in [-0.15, -0.1) is 0 Å². The second kappa shape index (κ2) is 14.8. The number of nitrogen functional groups attached to an aromatic ring is 1. The Morgan fingerprint density at radius 3 is 2.80 bits per heavy atom. The average molecular weight is 724 g/mol. The maximum Gasteiger partial charge on any atom is 0.459 e. The maximum atomic E-state index is 14.3. The van der Waals surface area contributed by atoms with Crippen molar-refractivity contribution in [2.75, 3.05) is 25.6 Å². The minimum atomic E-state index is -4.16. The number of hydrogen-bond donors (Lipinski definition) is 3. The summed E-state index contributed by atoms with van der Waals surface area (Å²) in [6.45, 7) is 6.10. The number of nitrogens with zero attached hydrogens (tertiary/aromatic N) is 3. The number of aromatic amines is 1. The fourth-order valence-electron chi connectivity index (χ4n) is 5.12. The Morgan fingerprint density at radius 2 is 2.09 bits per heavy atom. The second-order valence-corrected chi connectivity index (χ2v) is 14.3. The number of carbonyl (C=O) groups is 1. The highest BCUT2D eigenvalue weighted by atomic mass is 79.9. The van der Waals surface area contributed by atoms with Gasteiger partial charge >= 0.3 is 13.7 Å². The van der Waals surface area contributed by atoms with E-state index >= 15 is 0 Å². The molecule has 4 N–H and O–H groups in total. The van der Waals surface area contributed by atoms with Gasteiger partial charge < -0.3 is 24.5 Å². The van der Waals surface area contributed by atoms with Gasteiger partial charge in [-0.05, 0) is 75.8 Å². The molecule has 250 valence electrons. The minimum absolute atomic E-state index is 0.0327. The van der Waals surface area contributed by atoms with Crippen LogP contribution in [0.15, 0.2) is 45.4 Å². The van der Waals surface area contributed by atoms with Crippen LogP contribution in [0.2, 0.25) is 0 Å². The van der Waals surface area contributed by atoms with Crippen LogP contribution < -0.4 is 20.9 Å². The van der Waals surface area contributed by atoms with Crippen LogP contribution in [-0.2, 0) is 28.1 Å². The van der Waals surface area contributed by atoms with E-state index in [1.54, 1.807) is 42.0 Å². The Morgan fingerprint density at radius 1 is 1.30 bits per heavy atom. The second-order valence-electron chi connectivity index (χ2n) is 11.7. The molecule has 0 amide bonds. The Balaban J connectivity index is 1.39. The average Bonchev–Trinajstić information content (AvgIpc) is 3.55. The molecule has 14 nitrogen and oxygen atoms in total. The zero-order valence-electron chi connectivity index (χ0n) is 26.1. The lowest BCUT2D eigenvalue weighted by Crippen LogP contribution is -2.37. The van der Waals surface area contributed by atoms with Gasteiger partial charge in [-0.1, -0.05) is 29.3 Å². The van der Waals surface area contributed by atoms with Crippen molar-refractivity contribution in [2.24, 2.45) is 5.41 Å². The van der Waals surface area contributed by atoms with Crippen LogP contribution in [0.1, 0.15) is 59.3 Å².